The first-order valence-corrected chi connectivity index (χ1v) is 13.9. The third-order valence-electron chi connectivity index (χ3n) is 5.60. The summed E-state index contributed by atoms with van der Waals surface area (Å²) in [6, 6.07) is 14.1. The summed E-state index contributed by atoms with van der Waals surface area (Å²) in [6.07, 6.45) is -3.11. The Balaban J connectivity index is 6.39. The zero-order chi connectivity index (χ0) is 31.8. The topological polar surface area (TPSA) is 231 Å². The molecule has 14 heteroatoms. The fourth-order valence-electron chi connectivity index (χ4n) is 3.71. The predicted octanol–water partition coefficient (Wildman–Crippen LogP) is 2.73. The zero-order valence-electron chi connectivity index (χ0n) is 24.4. The summed E-state index contributed by atoms with van der Waals surface area (Å²) in [5.41, 5.74) is 0. The van der Waals surface area contributed by atoms with Crippen molar-refractivity contribution in [1.82, 2.24) is 0 Å². The normalized spacial score (nSPS) is 13.8. The molecule has 0 rings (SSSR count). The van der Waals surface area contributed by atoms with E-state index in [-0.39, 0.29) is 111 Å². The molecule has 0 radical (unpaired) electrons. The molecular formula is C29H39N7O7. The van der Waals surface area contributed by atoms with Crippen LogP contribution >= 0.6 is 0 Å². The third-order valence-corrected chi connectivity index (χ3v) is 5.60. The Morgan fingerprint density at radius 1 is 0.349 bits per heavy atom. The fourth-order valence-corrected chi connectivity index (χ4v) is 3.71. The molecule has 0 heterocycles. The van der Waals surface area contributed by atoms with E-state index in [2.05, 4.69) is 0 Å². The van der Waals surface area contributed by atoms with Gasteiger partial charge >= 0.3 is 0 Å². The third kappa shape index (κ3) is 20.6. The summed E-state index contributed by atoms with van der Waals surface area (Å²) >= 11 is 0. The molecule has 0 spiro atoms. The van der Waals surface area contributed by atoms with E-state index in [4.69, 9.17) is 70.0 Å². The first-order chi connectivity index (χ1) is 21.1. The number of nitriles is 7. The van der Waals surface area contributed by atoms with Crippen LogP contribution in [0.5, 0.6) is 0 Å². The van der Waals surface area contributed by atoms with Gasteiger partial charge in [0.15, 0.2) is 0 Å². The van der Waals surface area contributed by atoms with Crippen LogP contribution in [0.1, 0.15) is 51.4 Å². The van der Waals surface area contributed by atoms with Gasteiger partial charge in [-0.1, -0.05) is 0 Å². The second-order valence-corrected chi connectivity index (χ2v) is 8.71. The van der Waals surface area contributed by atoms with E-state index in [0.29, 0.717) is 0 Å². The summed E-state index contributed by atoms with van der Waals surface area (Å²) in [4.78, 5) is 0. The fraction of sp³-hybridized carbons (Fsp3) is 0.759. The highest BCUT2D eigenvalue weighted by molar-refractivity contribution is 4.88. The van der Waals surface area contributed by atoms with Crippen LogP contribution in [-0.4, -0.2) is 90.0 Å². The van der Waals surface area contributed by atoms with Gasteiger partial charge in [-0.3, -0.25) is 0 Å². The quantitative estimate of drug-likeness (QED) is 0.118. The first-order valence-electron chi connectivity index (χ1n) is 13.9. The predicted molar refractivity (Wildman–Crippen MR) is 147 cm³/mol. The van der Waals surface area contributed by atoms with Crippen LogP contribution in [0.25, 0.3) is 0 Å². The highest BCUT2D eigenvalue weighted by Gasteiger charge is 2.37. The lowest BCUT2D eigenvalue weighted by Crippen LogP contribution is -2.49. The molecule has 0 N–H and O–H groups in total. The van der Waals surface area contributed by atoms with Gasteiger partial charge in [0.1, 0.15) is 18.3 Å². The molecule has 5 unspecified atom stereocenters. The van der Waals surface area contributed by atoms with E-state index in [1.807, 2.05) is 42.5 Å². The van der Waals surface area contributed by atoms with E-state index in [1.165, 1.54) is 0 Å². The number of ether oxygens (including phenoxy) is 7. The molecule has 0 aliphatic heterocycles. The van der Waals surface area contributed by atoms with Crippen molar-refractivity contribution in [2.45, 2.75) is 81.9 Å². The second kappa shape index (κ2) is 29.6. The molecular weight excluding hydrogens is 558 g/mol. The zero-order valence-corrected chi connectivity index (χ0v) is 24.4. The maximum absolute atomic E-state index is 9.14. The summed E-state index contributed by atoms with van der Waals surface area (Å²) in [5, 5.41) is 63.2. The van der Waals surface area contributed by atoms with Crippen LogP contribution in [0.2, 0.25) is 0 Å². The minimum atomic E-state index is -0.867. The molecule has 5 atom stereocenters. The maximum atomic E-state index is 9.14. The SMILES string of the molecule is N#CCCOCC(OCCC#N)C(CC(OCCC#N)C(OCCC#N)C(COCCC#N)OCCC#N)OCCC#N. The lowest BCUT2D eigenvalue weighted by Gasteiger charge is -2.36. The van der Waals surface area contributed by atoms with Gasteiger partial charge < -0.3 is 33.2 Å². The molecule has 0 aliphatic rings. The highest BCUT2D eigenvalue weighted by Crippen LogP contribution is 2.23. The van der Waals surface area contributed by atoms with E-state index in [0.717, 1.165) is 0 Å². The molecule has 0 aromatic heterocycles. The number of nitrogens with zero attached hydrogens (tertiary/aromatic N) is 7. The van der Waals surface area contributed by atoms with Crippen molar-refractivity contribution >= 4 is 0 Å². The van der Waals surface area contributed by atoms with Crippen molar-refractivity contribution in [3.8, 4) is 42.5 Å². The second-order valence-electron chi connectivity index (χ2n) is 8.71. The maximum Gasteiger partial charge on any atom is 0.112 e. The Labute approximate surface area is 254 Å². The van der Waals surface area contributed by atoms with Crippen LogP contribution in [0.3, 0.4) is 0 Å². The number of hydrogen-bond acceptors (Lipinski definition) is 14. The summed E-state index contributed by atoms with van der Waals surface area (Å²) < 4.78 is 41.5. The van der Waals surface area contributed by atoms with E-state index in [1.54, 1.807) is 0 Å². The average Bonchev–Trinajstić information content (AvgIpc) is 3.01. The van der Waals surface area contributed by atoms with Crippen molar-refractivity contribution in [1.29, 1.82) is 36.8 Å². The number of hydrogen-bond donors (Lipinski definition) is 0. The highest BCUT2D eigenvalue weighted by atomic mass is 16.6. The van der Waals surface area contributed by atoms with Crippen LogP contribution in [0, 0.1) is 79.3 Å². The van der Waals surface area contributed by atoms with Crippen molar-refractivity contribution in [3.05, 3.63) is 0 Å². The van der Waals surface area contributed by atoms with Crippen molar-refractivity contribution in [2.24, 2.45) is 0 Å². The molecule has 14 nitrogen and oxygen atoms in total. The molecule has 232 valence electrons. The van der Waals surface area contributed by atoms with Crippen molar-refractivity contribution in [2.75, 3.05) is 59.5 Å². The molecule has 0 saturated carbocycles. The van der Waals surface area contributed by atoms with Crippen LogP contribution in [0.4, 0.5) is 0 Å². The molecule has 0 saturated heterocycles. The van der Waals surface area contributed by atoms with Crippen LogP contribution < -0.4 is 0 Å². The van der Waals surface area contributed by atoms with Gasteiger partial charge in [0.2, 0.25) is 0 Å². The summed E-state index contributed by atoms with van der Waals surface area (Å²) in [7, 11) is 0. The Bertz CT molecular complexity index is 1010. The minimum absolute atomic E-state index is 0.0121. The Morgan fingerprint density at radius 3 is 1.12 bits per heavy atom. The summed E-state index contributed by atoms with van der Waals surface area (Å²) in [5.74, 6) is 0. The van der Waals surface area contributed by atoms with Crippen LogP contribution in [-0.2, 0) is 33.2 Å². The average molecular weight is 598 g/mol. The molecule has 0 aromatic rings. The molecule has 0 aliphatic carbocycles. The van der Waals surface area contributed by atoms with Gasteiger partial charge in [-0.25, -0.2) is 0 Å². The Hall–Kier alpha value is -3.85. The van der Waals surface area contributed by atoms with Gasteiger partial charge in [0.25, 0.3) is 0 Å². The monoisotopic (exact) mass is 597 g/mol. The minimum Gasteiger partial charge on any atom is -0.378 e. The lowest BCUT2D eigenvalue weighted by atomic mass is 9.98. The molecule has 0 amide bonds. The smallest absolute Gasteiger partial charge is 0.112 e. The number of rotatable bonds is 28. The van der Waals surface area contributed by atoms with E-state index < -0.39 is 30.5 Å². The molecule has 0 aromatic carbocycles. The molecule has 0 bridgehead atoms. The Kier molecular flexibility index (Phi) is 27.0. The first kappa shape index (κ1) is 39.1. The lowest BCUT2D eigenvalue weighted by molar-refractivity contribution is -0.174. The van der Waals surface area contributed by atoms with Crippen molar-refractivity contribution < 1.29 is 33.2 Å². The van der Waals surface area contributed by atoms with E-state index >= 15 is 0 Å². The van der Waals surface area contributed by atoms with Gasteiger partial charge in [0.05, 0.1) is 159 Å². The van der Waals surface area contributed by atoms with E-state index in [9.17, 15) is 0 Å². The molecule has 0 fully saturated rings. The van der Waals surface area contributed by atoms with Gasteiger partial charge in [0, 0.05) is 6.42 Å². The Morgan fingerprint density at radius 2 is 0.674 bits per heavy atom. The van der Waals surface area contributed by atoms with Crippen molar-refractivity contribution in [3.63, 3.8) is 0 Å². The molecule has 43 heavy (non-hydrogen) atoms. The van der Waals surface area contributed by atoms with Gasteiger partial charge in [-0.15, -0.1) is 0 Å². The summed E-state index contributed by atoms with van der Waals surface area (Å²) in [6.45, 7) is 0.538. The van der Waals surface area contributed by atoms with Gasteiger partial charge in [-0.05, 0) is 0 Å². The van der Waals surface area contributed by atoms with Crippen LogP contribution in [0.15, 0.2) is 0 Å². The largest absolute Gasteiger partial charge is 0.378 e. The standard InChI is InChI=1S/C29H39N7O7/c30-8-1-15-37-23-27(41-19-5-12-34)25(39-17-3-10-32)22-26(40-18-4-11-33)29(43-21-7-14-36)28(42-20-6-13-35)24-38-16-2-9-31/h25-29H,1-7,15-24H2. The van der Waals surface area contributed by atoms with Gasteiger partial charge in [-0.2, -0.15) is 36.8 Å².